The summed E-state index contributed by atoms with van der Waals surface area (Å²) in [7, 11) is 0. The highest BCUT2D eigenvalue weighted by Crippen LogP contribution is 2.14. The van der Waals surface area contributed by atoms with Crippen molar-refractivity contribution >= 4 is 12.2 Å². The van der Waals surface area contributed by atoms with Crippen molar-refractivity contribution in [1.82, 2.24) is 15.0 Å². The van der Waals surface area contributed by atoms with Crippen molar-refractivity contribution in [3.05, 3.63) is 99.2 Å². The van der Waals surface area contributed by atoms with E-state index >= 15 is 0 Å². The molecule has 0 saturated heterocycles. The van der Waals surface area contributed by atoms with E-state index in [1.54, 1.807) is 18.2 Å². The quantitative estimate of drug-likeness (QED) is 0.325. The molecule has 2 rings (SSSR count). The number of benzene rings is 1. The topological polar surface area (TPSA) is 66.4 Å². The maximum absolute atomic E-state index is 5.20. The number of rotatable bonds is 13. The Morgan fingerprint density at radius 2 is 0.939 bits per heavy atom. The number of nitrogens with zero attached hydrogens (tertiary/aromatic N) is 3. The van der Waals surface area contributed by atoms with Gasteiger partial charge in [0.25, 0.3) is 0 Å². The lowest BCUT2D eigenvalue weighted by atomic mass is 10.1. The van der Waals surface area contributed by atoms with E-state index < -0.39 is 0 Å². The zero-order valence-corrected chi connectivity index (χ0v) is 19.6. The molecule has 2 aromatic rings. The monoisotopic (exact) mass is 449 g/mol. The number of hydrogen-bond donors (Lipinski definition) is 0. The molecule has 0 radical (unpaired) electrons. The molecule has 0 unspecified atom stereocenters. The average molecular weight is 450 g/mol. The third kappa shape index (κ3) is 14.7. The third-order valence-electron chi connectivity index (χ3n) is 3.47. The Kier molecular flexibility index (Phi) is 17.6. The van der Waals surface area contributed by atoms with E-state index in [1.165, 1.54) is 6.42 Å². The van der Waals surface area contributed by atoms with Gasteiger partial charge in [-0.15, -0.1) is 21.5 Å². The maximum atomic E-state index is 5.20. The molecule has 1 aromatic heterocycles. The molecule has 0 bridgehead atoms. The summed E-state index contributed by atoms with van der Waals surface area (Å²) in [4.78, 5) is 11.8. The Bertz CT molecular complexity index is 760. The van der Waals surface area contributed by atoms with Gasteiger partial charge in [0, 0.05) is 0 Å². The molecule has 0 atom stereocenters. The average Bonchev–Trinajstić information content (AvgIpc) is 2.86. The van der Waals surface area contributed by atoms with Crippen molar-refractivity contribution in [2.24, 2.45) is 0 Å². The van der Waals surface area contributed by atoms with E-state index in [2.05, 4.69) is 61.3 Å². The van der Waals surface area contributed by atoms with E-state index in [4.69, 9.17) is 14.2 Å². The number of aromatic nitrogens is 3. The van der Waals surface area contributed by atoms with Crippen LogP contribution in [-0.4, -0.2) is 34.8 Å². The lowest BCUT2D eigenvalue weighted by Crippen LogP contribution is -2.07. The number of ether oxygens (including phenoxy) is 3. The van der Waals surface area contributed by atoms with Gasteiger partial charge in [-0.1, -0.05) is 107 Å². The van der Waals surface area contributed by atoms with Gasteiger partial charge < -0.3 is 14.2 Å². The van der Waals surface area contributed by atoms with E-state index in [1.807, 2.05) is 42.5 Å². The van der Waals surface area contributed by atoms with Crippen LogP contribution in [0.4, 0.5) is 0 Å². The van der Waals surface area contributed by atoms with Gasteiger partial charge in [-0.25, -0.2) is 0 Å². The molecular formula is C27H35N3O3. The van der Waals surface area contributed by atoms with Gasteiger partial charge in [0.05, 0.1) is 0 Å². The van der Waals surface area contributed by atoms with Crippen molar-refractivity contribution in [3.63, 3.8) is 0 Å². The molecule has 1 aromatic carbocycles. The van der Waals surface area contributed by atoms with Crippen molar-refractivity contribution in [2.45, 2.75) is 19.8 Å². The van der Waals surface area contributed by atoms with Crippen LogP contribution in [0.5, 0.6) is 18.0 Å². The second-order valence-electron chi connectivity index (χ2n) is 6.13. The van der Waals surface area contributed by atoms with E-state index in [-0.39, 0.29) is 37.9 Å². The van der Waals surface area contributed by atoms with Gasteiger partial charge in [-0.3, -0.25) is 0 Å². The molecule has 0 aliphatic rings. The molecule has 6 nitrogen and oxygen atoms in total. The molecule has 1 heterocycles. The van der Waals surface area contributed by atoms with Gasteiger partial charge in [-0.05, 0) is 17.5 Å². The lowest BCUT2D eigenvalue weighted by Gasteiger charge is -2.07. The molecule has 33 heavy (non-hydrogen) atoms. The molecule has 0 spiro atoms. The summed E-state index contributed by atoms with van der Waals surface area (Å²) in [5, 5.41) is 0. The molecule has 0 amide bonds. The Balaban J connectivity index is 0.000000569. The van der Waals surface area contributed by atoms with Gasteiger partial charge in [-0.2, -0.15) is 0 Å². The standard InChI is InChI=1S/C12H15N3O3.C10H10.C5H10/c1-4-7-16-10-13-11(17-8-5-2)15-12(14-10)18-9-6-3;1-3-9-5-7-10(4-2)8-6-9;1-3-5-4-2/h4-6H,1-3,7-9H2;3-8H,1-2H2;3H,1,4-5H2,2H3. The molecule has 0 N–H and O–H groups in total. The highest BCUT2D eigenvalue weighted by molar-refractivity contribution is 5.53. The Morgan fingerprint density at radius 3 is 1.12 bits per heavy atom. The first-order valence-electron chi connectivity index (χ1n) is 10.5. The van der Waals surface area contributed by atoms with Gasteiger partial charge in [0.2, 0.25) is 0 Å². The Morgan fingerprint density at radius 1 is 0.606 bits per heavy atom. The van der Waals surface area contributed by atoms with Gasteiger partial charge >= 0.3 is 18.0 Å². The molecule has 176 valence electrons. The van der Waals surface area contributed by atoms with Crippen LogP contribution >= 0.6 is 0 Å². The first-order chi connectivity index (χ1) is 16.1. The summed E-state index contributed by atoms with van der Waals surface area (Å²) in [6.07, 6.45) is 12.7. The Hall–Kier alpha value is -3.93. The molecule has 0 fully saturated rings. The molecule has 0 aliphatic heterocycles. The number of allylic oxidation sites excluding steroid dienone is 1. The fraction of sp³-hybridized carbons (Fsp3) is 0.222. The van der Waals surface area contributed by atoms with Crippen molar-refractivity contribution in [3.8, 4) is 18.0 Å². The molecule has 6 heteroatoms. The first-order valence-corrected chi connectivity index (χ1v) is 10.5. The summed E-state index contributed by atoms with van der Waals surface area (Å²) in [6.45, 7) is 24.5. The second-order valence-corrected chi connectivity index (χ2v) is 6.13. The minimum atomic E-state index is 0.114. The SMILES string of the molecule is C=CCCC.C=CCOc1nc(OCC=C)nc(OCC=C)n1.C=Cc1ccc(C=C)cc1. The highest BCUT2D eigenvalue weighted by atomic mass is 16.5. The summed E-state index contributed by atoms with van der Waals surface area (Å²) in [5.74, 6) is 0. The highest BCUT2D eigenvalue weighted by Gasteiger charge is 2.08. The van der Waals surface area contributed by atoms with Gasteiger partial charge in [0.15, 0.2) is 0 Å². The van der Waals surface area contributed by atoms with Crippen LogP contribution in [0.1, 0.15) is 30.9 Å². The maximum Gasteiger partial charge on any atom is 0.326 e. The fourth-order valence-corrected chi connectivity index (χ4v) is 1.89. The van der Waals surface area contributed by atoms with E-state index in [9.17, 15) is 0 Å². The number of unbranched alkanes of at least 4 members (excludes halogenated alkanes) is 1. The predicted octanol–water partition coefficient (Wildman–Crippen LogP) is 6.51. The van der Waals surface area contributed by atoms with Crippen LogP contribution in [0.2, 0.25) is 0 Å². The largest absolute Gasteiger partial charge is 0.459 e. The molecular weight excluding hydrogens is 414 g/mol. The van der Waals surface area contributed by atoms with Crippen LogP contribution in [0.3, 0.4) is 0 Å². The molecule has 0 saturated carbocycles. The van der Waals surface area contributed by atoms with E-state index in [0.29, 0.717) is 0 Å². The number of hydrogen-bond acceptors (Lipinski definition) is 6. The predicted molar refractivity (Wildman–Crippen MR) is 139 cm³/mol. The minimum Gasteiger partial charge on any atom is -0.459 e. The van der Waals surface area contributed by atoms with Crippen LogP contribution in [0, 0.1) is 0 Å². The first kappa shape index (κ1) is 29.1. The molecule has 0 aliphatic carbocycles. The van der Waals surface area contributed by atoms with Crippen LogP contribution in [-0.2, 0) is 0 Å². The third-order valence-corrected chi connectivity index (χ3v) is 3.47. The van der Waals surface area contributed by atoms with Gasteiger partial charge in [0.1, 0.15) is 19.8 Å². The van der Waals surface area contributed by atoms with Crippen LogP contribution in [0.15, 0.2) is 88.0 Å². The summed E-state index contributed by atoms with van der Waals surface area (Å²) in [5.41, 5.74) is 2.29. The van der Waals surface area contributed by atoms with Crippen molar-refractivity contribution < 1.29 is 14.2 Å². The normalized spacial score (nSPS) is 8.88. The van der Waals surface area contributed by atoms with E-state index in [0.717, 1.165) is 17.5 Å². The Labute approximate surface area is 198 Å². The minimum absolute atomic E-state index is 0.114. The lowest BCUT2D eigenvalue weighted by molar-refractivity contribution is 0.268. The van der Waals surface area contributed by atoms with Crippen molar-refractivity contribution in [2.75, 3.05) is 19.8 Å². The summed E-state index contributed by atoms with van der Waals surface area (Å²) < 4.78 is 15.6. The zero-order valence-electron chi connectivity index (χ0n) is 19.6. The van der Waals surface area contributed by atoms with Crippen LogP contribution in [0.25, 0.3) is 12.2 Å². The van der Waals surface area contributed by atoms with Crippen LogP contribution < -0.4 is 14.2 Å². The fourth-order valence-electron chi connectivity index (χ4n) is 1.89. The zero-order chi connectivity index (χ0) is 24.7. The summed E-state index contributed by atoms with van der Waals surface area (Å²) >= 11 is 0. The summed E-state index contributed by atoms with van der Waals surface area (Å²) in [6, 6.07) is 8.41. The smallest absolute Gasteiger partial charge is 0.326 e. The van der Waals surface area contributed by atoms with Crippen molar-refractivity contribution in [1.29, 1.82) is 0 Å². The second kappa shape index (κ2) is 20.0.